The number of nitrogens with one attached hydrogen (secondary N) is 2. The maximum Gasteiger partial charge on any atom is 0.407 e. The molecule has 0 saturated heterocycles. The molecule has 0 saturated carbocycles. The normalized spacial score (nSPS) is 11.4. The fraction of sp³-hybridized carbons (Fsp3) is 0.714. The Morgan fingerprint density at radius 3 is 2.57 bits per heavy atom. The molecule has 0 bridgehead atoms. The van der Waals surface area contributed by atoms with Crippen molar-refractivity contribution >= 4 is 40.2 Å². The number of aromatic nitrogens is 2. The number of alkyl carbamates (subject to hydrolysis) is 1. The van der Waals surface area contributed by atoms with Crippen LogP contribution >= 0.6 is 23.1 Å². The van der Waals surface area contributed by atoms with Gasteiger partial charge in [-0.15, -0.1) is 10.2 Å². The summed E-state index contributed by atoms with van der Waals surface area (Å²) in [6.45, 7) is 9.93. The zero-order valence-electron chi connectivity index (χ0n) is 14.1. The molecule has 1 aromatic rings. The summed E-state index contributed by atoms with van der Waals surface area (Å²) in [5.74, 6) is 1.09. The van der Waals surface area contributed by atoms with Crippen LogP contribution in [0.25, 0.3) is 0 Å². The number of carbonyl (C=O) groups excluding carboxylic acids is 2. The van der Waals surface area contributed by atoms with Crippen LogP contribution < -0.4 is 10.6 Å². The second kappa shape index (κ2) is 9.07. The fourth-order valence-corrected chi connectivity index (χ4v) is 2.79. The first kappa shape index (κ1) is 19.7. The highest BCUT2D eigenvalue weighted by molar-refractivity contribution is 7.99. The third-order valence-electron chi connectivity index (χ3n) is 2.33. The molecule has 130 valence electrons. The van der Waals surface area contributed by atoms with E-state index in [-0.39, 0.29) is 5.91 Å². The number of thioether (sulfide) groups is 1. The minimum absolute atomic E-state index is 0.126. The highest BCUT2D eigenvalue weighted by atomic mass is 32.2. The van der Waals surface area contributed by atoms with Gasteiger partial charge in [-0.05, 0) is 20.8 Å². The lowest BCUT2D eigenvalue weighted by Crippen LogP contribution is -2.33. The Bertz CT molecular complexity index is 526. The van der Waals surface area contributed by atoms with Crippen molar-refractivity contribution in [3.8, 4) is 0 Å². The Morgan fingerprint density at radius 2 is 2.00 bits per heavy atom. The van der Waals surface area contributed by atoms with Crippen molar-refractivity contribution in [2.45, 2.75) is 46.1 Å². The number of hydrogen-bond acceptors (Lipinski definition) is 7. The minimum atomic E-state index is -0.506. The summed E-state index contributed by atoms with van der Waals surface area (Å²) in [7, 11) is 0. The molecule has 0 spiro atoms. The van der Waals surface area contributed by atoms with Gasteiger partial charge in [-0.3, -0.25) is 10.1 Å². The molecule has 0 aromatic carbocycles. The molecule has 2 amide bonds. The van der Waals surface area contributed by atoms with Gasteiger partial charge in [-0.25, -0.2) is 4.79 Å². The summed E-state index contributed by atoms with van der Waals surface area (Å²) in [5.41, 5.74) is -0.506. The number of ether oxygens (including phenoxy) is 1. The van der Waals surface area contributed by atoms with Gasteiger partial charge in [-0.1, -0.05) is 25.2 Å². The molecule has 0 aliphatic carbocycles. The second-order valence-corrected chi connectivity index (χ2v) is 8.24. The molecule has 0 aliphatic heterocycles. The number of anilines is 1. The molecule has 7 nitrogen and oxygen atoms in total. The van der Waals surface area contributed by atoms with E-state index in [9.17, 15) is 9.59 Å². The van der Waals surface area contributed by atoms with Crippen LogP contribution in [0.2, 0.25) is 0 Å². The van der Waals surface area contributed by atoms with Crippen LogP contribution in [0, 0.1) is 0 Å². The quantitative estimate of drug-likeness (QED) is 0.726. The molecule has 1 rings (SSSR count). The van der Waals surface area contributed by atoms with Crippen molar-refractivity contribution in [3.63, 3.8) is 0 Å². The van der Waals surface area contributed by atoms with E-state index in [2.05, 4.69) is 20.8 Å². The Kier molecular flexibility index (Phi) is 7.77. The summed E-state index contributed by atoms with van der Waals surface area (Å²) >= 11 is 2.81. The molecule has 1 aromatic heterocycles. The largest absolute Gasteiger partial charge is 0.444 e. The third kappa shape index (κ3) is 8.75. The standard InChI is InChI=1S/C14H24N4O3S2/c1-9(2)11-17-18-12(23-11)16-10(19)8-22-7-6-15-13(20)21-14(3,4)5/h9H,6-8H2,1-5H3,(H,15,20)(H,16,18,19). The zero-order valence-corrected chi connectivity index (χ0v) is 15.8. The monoisotopic (exact) mass is 360 g/mol. The Balaban J connectivity index is 2.15. The van der Waals surface area contributed by atoms with E-state index >= 15 is 0 Å². The molecular formula is C14H24N4O3S2. The molecule has 0 atom stereocenters. The number of rotatable bonds is 7. The smallest absolute Gasteiger partial charge is 0.407 e. The van der Waals surface area contributed by atoms with Crippen LogP contribution in [-0.2, 0) is 9.53 Å². The lowest BCUT2D eigenvalue weighted by Gasteiger charge is -2.19. The average molecular weight is 361 g/mol. The summed E-state index contributed by atoms with van der Waals surface area (Å²) in [6.07, 6.45) is -0.447. The van der Waals surface area contributed by atoms with E-state index in [1.54, 1.807) is 0 Å². The lowest BCUT2D eigenvalue weighted by atomic mass is 10.2. The van der Waals surface area contributed by atoms with Gasteiger partial charge < -0.3 is 10.1 Å². The van der Waals surface area contributed by atoms with Crippen LogP contribution in [0.15, 0.2) is 0 Å². The predicted molar refractivity (Wildman–Crippen MR) is 94.2 cm³/mol. The van der Waals surface area contributed by atoms with Gasteiger partial charge in [0.25, 0.3) is 0 Å². The topological polar surface area (TPSA) is 93.2 Å². The van der Waals surface area contributed by atoms with Crippen molar-refractivity contribution in [2.24, 2.45) is 0 Å². The van der Waals surface area contributed by atoms with Crippen molar-refractivity contribution < 1.29 is 14.3 Å². The summed E-state index contributed by atoms with van der Waals surface area (Å²) in [5, 5.41) is 14.7. The molecule has 2 N–H and O–H groups in total. The lowest BCUT2D eigenvalue weighted by molar-refractivity contribution is -0.113. The van der Waals surface area contributed by atoms with E-state index < -0.39 is 11.7 Å². The zero-order chi connectivity index (χ0) is 17.5. The number of nitrogens with zero attached hydrogens (tertiary/aromatic N) is 2. The maximum atomic E-state index is 11.8. The van der Waals surface area contributed by atoms with Gasteiger partial charge in [-0.2, -0.15) is 11.8 Å². The van der Waals surface area contributed by atoms with E-state index in [4.69, 9.17) is 4.74 Å². The second-order valence-electron chi connectivity index (χ2n) is 6.13. The highest BCUT2D eigenvalue weighted by Crippen LogP contribution is 2.22. The van der Waals surface area contributed by atoms with Crippen LogP contribution in [-0.4, -0.2) is 45.8 Å². The summed E-state index contributed by atoms with van der Waals surface area (Å²) in [6, 6.07) is 0. The average Bonchev–Trinajstić information content (AvgIpc) is 2.84. The van der Waals surface area contributed by atoms with Gasteiger partial charge in [0.2, 0.25) is 11.0 Å². The maximum absolute atomic E-state index is 11.8. The molecule has 0 aliphatic rings. The molecular weight excluding hydrogens is 336 g/mol. The van der Waals surface area contributed by atoms with Crippen molar-refractivity contribution in [1.82, 2.24) is 15.5 Å². The van der Waals surface area contributed by atoms with Gasteiger partial charge in [0.05, 0.1) is 5.75 Å². The van der Waals surface area contributed by atoms with Gasteiger partial charge in [0.1, 0.15) is 10.6 Å². The Hall–Kier alpha value is -1.35. The first-order valence-electron chi connectivity index (χ1n) is 7.35. The molecule has 0 fully saturated rings. The number of hydrogen-bond donors (Lipinski definition) is 2. The SMILES string of the molecule is CC(C)c1nnc(NC(=O)CSCCNC(=O)OC(C)(C)C)s1. The molecule has 9 heteroatoms. The molecule has 1 heterocycles. The fourth-order valence-electron chi connectivity index (χ4n) is 1.38. The van der Waals surface area contributed by atoms with Crippen LogP contribution in [0.4, 0.5) is 9.93 Å². The van der Waals surface area contributed by atoms with Gasteiger partial charge >= 0.3 is 6.09 Å². The van der Waals surface area contributed by atoms with E-state index in [0.717, 1.165) is 5.01 Å². The van der Waals surface area contributed by atoms with Gasteiger partial charge in [0.15, 0.2) is 0 Å². The van der Waals surface area contributed by atoms with E-state index in [1.807, 2.05) is 34.6 Å². The summed E-state index contributed by atoms with van der Waals surface area (Å²) < 4.78 is 5.11. The Morgan fingerprint density at radius 1 is 1.30 bits per heavy atom. The first-order chi connectivity index (χ1) is 10.7. The molecule has 0 unspecified atom stereocenters. The molecule has 23 heavy (non-hydrogen) atoms. The van der Waals surface area contributed by atoms with E-state index in [1.165, 1.54) is 23.1 Å². The minimum Gasteiger partial charge on any atom is -0.444 e. The van der Waals surface area contributed by atoms with Crippen molar-refractivity contribution in [1.29, 1.82) is 0 Å². The van der Waals surface area contributed by atoms with Crippen molar-refractivity contribution in [3.05, 3.63) is 5.01 Å². The highest BCUT2D eigenvalue weighted by Gasteiger charge is 2.15. The molecule has 0 radical (unpaired) electrons. The van der Waals surface area contributed by atoms with Crippen LogP contribution in [0.5, 0.6) is 0 Å². The van der Waals surface area contributed by atoms with Crippen molar-refractivity contribution in [2.75, 3.05) is 23.4 Å². The van der Waals surface area contributed by atoms with E-state index in [0.29, 0.717) is 29.1 Å². The third-order valence-corrected chi connectivity index (χ3v) is 4.43. The van der Waals surface area contributed by atoms with Crippen LogP contribution in [0.3, 0.4) is 0 Å². The van der Waals surface area contributed by atoms with Gasteiger partial charge in [0, 0.05) is 18.2 Å². The Labute approximate surface area is 145 Å². The van der Waals surface area contributed by atoms with Crippen LogP contribution in [0.1, 0.15) is 45.5 Å². The number of carbonyl (C=O) groups is 2. The predicted octanol–water partition coefficient (Wildman–Crippen LogP) is 2.86. The summed E-state index contributed by atoms with van der Waals surface area (Å²) in [4.78, 5) is 23.2. The number of amides is 2. The first-order valence-corrected chi connectivity index (χ1v) is 9.32.